The minimum Gasteiger partial charge on any atom is -0.334 e. The molecule has 2 N–H and O–H groups in total. The van der Waals surface area contributed by atoms with E-state index in [1.807, 2.05) is 24.3 Å². The molecule has 1 aromatic carbocycles. The molecule has 2 heterocycles. The number of hydrogen-bond donors (Lipinski definition) is 1. The van der Waals surface area contributed by atoms with E-state index >= 15 is 0 Å². The van der Waals surface area contributed by atoms with Crippen LogP contribution in [0.4, 0.5) is 0 Å². The minimum absolute atomic E-state index is 0. The van der Waals surface area contributed by atoms with Crippen LogP contribution < -0.4 is 5.73 Å². The van der Waals surface area contributed by atoms with Gasteiger partial charge in [0.05, 0.1) is 0 Å². The van der Waals surface area contributed by atoms with Gasteiger partial charge in [-0.2, -0.15) is 0 Å². The Balaban J connectivity index is 0.00000132. The second kappa shape index (κ2) is 9.48. The van der Waals surface area contributed by atoms with Crippen LogP contribution in [-0.4, -0.2) is 47.9 Å². The van der Waals surface area contributed by atoms with Gasteiger partial charge in [-0.05, 0) is 56.5 Å². The zero-order valence-electron chi connectivity index (χ0n) is 13.4. The zero-order valence-corrected chi connectivity index (χ0v) is 15.1. The van der Waals surface area contributed by atoms with Crippen molar-refractivity contribution in [2.24, 2.45) is 5.73 Å². The molecule has 4 nitrogen and oxygen atoms in total. The average Bonchev–Trinajstić information content (AvgIpc) is 3.19. The Labute approximate surface area is 151 Å². The molecular weight excluding hydrogens is 333 g/mol. The minimum atomic E-state index is 0. The first-order valence-corrected chi connectivity index (χ1v) is 8.10. The highest BCUT2D eigenvalue weighted by Crippen LogP contribution is 2.22. The standard InChI is InChI=1S/C17H25N3O.2ClH/c18-12-14-5-7-15(8-6-14)17(21)20-11-3-4-16(20)13-19-9-1-2-10-19;;/h5-8,16H,1-4,9-13,18H2;2*1H. The summed E-state index contributed by atoms with van der Waals surface area (Å²) in [6.45, 7) is 4.87. The van der Waals surface area contributed by atoms with Crippen molar-refractivity contribution in [2.75, 3.05) is 26.2 Å². The monoisotopic (exact) mass is 359 g/mol. The molecule has 1 amide bonds. The first-order chi connectivity index (χ1) is 10.3. The number of nitrogens with two attached hydrogens (primary N) is 1. The molecule has 2 aliphatic heterocycles. The van der Waals surface area contributed by atoms with Crippen molar-refractivity contribution >= 4 is 30.7 Å². The maximum absolute atomic E-state index is 12.7. The van der Waals surface area contributed by atoms with E-state index in [0.29, 0.717) is 12.6 Å². The summed E-state index contributed by atoms with van der Waals surface area (Å²) in [5.41, 5.74) is 7.47. The van der Waals surface area contributed by atoms with Crippen molar-refractivity contribution < 1.29 is 4.79 Å². The number of rotatable bonds is 4. The van der Waals surface area contributed by atoms with Crippen LogP contribution in [-0.2, 0) is 6.54 Å². The van der Waals surface area contributed by atoms with Crippen molar-refractivity contribution in [3.8, 4) is 0 Å². The Bertz CT molecular complexity index is 489. The average molecular weight is 360 g/mol. The predicted molar refractivity (Wildman–Crippen MR) is 98.6 cm³/mol. The molecule has 6 heteroatoms. The Kier molecular flexibility index (Phi) is 8.34. The van der Waals surface area contributed by atoms with Gasteiger partial charge in [-0.3, -0.25) is 4.79 Å². The van der Waals surface area contributed by atoms with Gasteiger partial charge in [0.25, 0.3) is 5.91 Å². The number of halogens is 2. The van der Waals surface area contributed by atoms with E-state index in [1.165, 1.54) is 25.9 Å². The van der Waals surface area contributed by atoms with Gasteiger partial charge < -0.3 is 15.5 Å². The lowest BCUT2D eigenvalue weighted by Gasteiger charge is -2.28. The fourth-order valence-corrected chi connectivity index (χ4v) is 3.51. The molecule has 0 aliphatic carbocycles. The molecule has 2 saturated heterocycles. The summed E-state index contributed by atoms with van der Waals surface area (Å²) in [6, 6.07) is 8.13. The third kappa shape index (κ3) is 4.83. The van der Waals surface area contributed by atoms with Gasteiger partial charge in [-0.15, -0.1) is 24.8 Å². The lowest BCUT2D eigenvalue weighted by Crippen LogP contribution is -2.42. The molecular formula is C17H27Cl2N3O. The molecule has 0 aromatic heterocycles. The van der Waals surface area contributed by atoms with Crippen molar-refractivity contribution in [1.82, 2.24) is 9.80 Å². The largest absolute Gasteiger partial charge is 0.334 e. The van der Waals surface area contributed by atoms with Crippen molar-refractivity contribution in [2.45, 2.75) is 38.3 Å². The molecule has 0 radical (unpaired) electrons. The van der Waals surface area contributed by atoms with Crippen LogP contribution in [0.5, 0.6) is 0 Å². The number of hydrogen-bond acceptors (Lipinski definition) is 3. The van der Waals surface area contributed by atoms with Gasteiger partial charge in [0.1, 0.15) is 0 Å². The Hall–Kier alpha value is -0.810. The highest BCUT2D eigenvalue weighted by Gasteiger charge is 2.31. The van der Waals surface area contributed by atoms with Gasteiger partial charge in [-0.1, -0.05) is 12.1 Å². The van der Waals surface area contributed by atoms with Crippen LogP contribution in [0.25, 0.3) is 0 Å². The second-order valence-electron chi connectivity index (χ2n) is 6.20. The third-order valence-electron chi connectivity index (χ3n) is 4.74. The molecule has 2 aliphatic rings. The topological polar surface area (TPSA) is 49.6 Å². The summed E-state index contributed by atoms with van der Waals surface area (Å²) in [6.07, 6.45) is 4.89. The summed E-state index contributed by atoms with van der Waals surface area (Å²) in [4.78, 5) is 17.3. The molecule has 2 fully saturated rings. The smallest absolute Gasteiger partial charge is 0.254 e. The number of carbonyl (C=O) groups excluding carboxylic acids is 1. The summed E-state index contributed by atoms with van der Waals surface area (Å²) < 4.78 is 0. The van der Waals surface area contributed by atoms with Crippen LogP contribution in [0.15, 0.2) is 24.3 Å². The van der Waals surface area contributed by atoms with E-state index in [1.54, 1.807) is 0 Å². The number of likely N-dealkylation sites (tertiary alicyclic amines) is 2. The highest BCUT2D eigenvalue weighted by atomic mass is 35.5. The van der Waals surface area contributed by atoms with Crippen LogP contribution >= 0.6 is 24.8 Å². The normalized spacial score (nSPS) is 20.9. The SMILES string of the molecule is Cl.Cl.NCc1ccc(C(=O)N2CCCC2CN2CCCC2)cc1. The van der Waals surface area contributed by atoms with E-state index in [4.69, 9.17) is 5.73 Å². The quantitative estimate of drug-likeness (QED) is 0.898. The molecule has 3 rings (SSSR count). The first kappa shape index (κ1) is 20.2. The number of amides is 1. The highest BCUT2D eigenvalue weighted by molar-refractivity contribution is 5.94. The maximum Gasteiger partial charge on any atom is 0.254 e. The molecule has 130 valence electrons. The van der Waals surface area contributed by atoms with Gasteiger partial charge in [0.15, 0.2) is 0 Å². The van der Waals surface area contributed by atoms with Crippen LogP contribution in [0, 0.1) is 0 Å². The molecule has 23 heavy (non-hydrogen) atoms. The third-order valence-corrected chi connectivity index (χ3v) is 4.74. The van der Waals surface area contributed by atoms with Crippen molar-refractivity contribution in [3.05, 3.63) is 35.4 Å². The van der Waals surface area contributed by atoms with Gasteiger partial charge in [0.2, 0.25) is 0 Å². The van der Waals surface area contributed by atoms with E-state index in [0.717, 1.165) is 37.1 Å². The summed E-state index contributed by atoms with van der Waals surface area (Å²) in [5.74, 6) is 0.181. The number of nitrogens with zero attached hydrogens (tertiary/aromatic N) is 2. The van der Waals surface area contributed by atoms with E-state index in [-0.39, 0.29) is 30.7 Å². The lowest BCUT2D eigenvalue weighted by molar-refractivity contribution is 0.0709. The van der Waals surface area contributed by atoms with Crippen LogP contribution in [0.3, 0.4) is 0 Å². The maximum atomic E-state index is 12.7. The van der Waals surface area contributed by atoms with Crippen LogP contribution in [0.1, 0.15) is 41.6 Å². The van der Waals surface area contributed by atoms with Gasteiger partial charge in [0, 0.05) is 31.2 Å². The zero-order chi connectivity index (χ0) is 14.7. The van der Waals surface area contributed by atoms with E-state index < -0.39 is 0 Å². The number of benzene rings is 1. The van der Waals surface area contributed by atoms with Crippen molar-refractivity contribution in [1.29, 1.82) is 0 Å². The Morgan fingerprint density at radius 2 is 1.70 bits per heavy atom. The molecule has 1 aromatic rings. The van der Waals surface area contributed by atoms with Crippen molar-refractivity contribution in [3.63, 3.8) is 0 Å². The summed E-state index contributed by atoms with van der Waals surface area (Å²) in [7, 11) is 0. The molecule has 0 bridgehead atoms. The predicted octanol–water partition coefficient (Wildman–Crippen LogP) is 2.69. The van der Waals surface area contributed by atoms with E-state index in [2.05, 4.69) is 9.80 Å². The van der Waals surface area contributed by atoms with Crippen LogP contribution in [0.2, 0.25) is 0 Å². The fraction of sp³-hybridized carbons (Fsp3) is 0.588. The molecule has 1 unspecified atom stereocenters. The molecule has 0 saturated carbocycles. The molecule has 1 atom stereocenters. The number of carbonyl (C=O) groups is 1. The van der Waals surface area contributed by atoms with Gasteiger partial charge in [-0.25, -0.2) is 0 Å². The Morgan fingerprint density at radius 1 is 1.04 bits per heavy atom. The Morgan fingerprint density at radius 3 is 2.30 bits per heavy atom. The lowest BCUT2D eigenvalue weighted by atomic mass is 10.1. The summed E-state index contributed by atoms with van der Waals surface area (Å²) in [5, 5.41) is 0. The fourth-order valence-electron chi connectivity index (χ4n) is 3.51. The molecule has 0 spiro atoms. The summed E-state index contributed by atoms with van der Waals surface area (Å²) >= 11 is 0. The van der Waals surface area contributed by atoms with E-state index in [9.17, 15) is 4.79 Å². The second-order valence-corrected chi connectivity index (χ2v) is 6.20. The van der Waals surface area contributed by atoms with Gasteiger partial charge >= 0.3 is 0 Å². The first-order valence-electron chi connectivity index (χ1n) is 8.10.